The summed E-state index contributed by atoms with van der Waals surface area (Å²) in [5.41, 5.74) is 2.03. The van der Waals surface area contributed by atoms with Gasteiger partial charge in [0.05, 0.1) is 0 Å². The van der Waals surface area contributed by atoms with Crippen LogP contribution in [0.15, 0.2) is 42.5 Å². The average molecular weight is 209 g/mol. The lowest BCUT2D eigenvalue weighted by atomic mass is 9.93. The van der Waals surface area contributed by atoms with Crippen LogP contribution < -0.4 is 5.32 Å². The van der Waals surface area contributed by atoms with Crippen LogP contribution in [-0.2, 0) is 5.41 Å². The van der Waals surface area contributed by atoms with E-state index in [1.165, 1.54) is 30.3 Å². The van der Waals surface area contributed by atoms with E-state index in [4.69, 9.17) is 0 Å². The van der Waals surface area contributed by atoms with E-state index in [1.54, 1.807) is 5.56 Å². The second-order valence-corrected chi connectivity index (χ2v) is 5.25. The average Bonchev–Trinajstić information content (AvgIpc) is 2.92. The van der Waals surface area contributed by atoms with Crippen molar-refractivity contribution in [3.05, 3.63) is 48.0 Å². The van der Waals surface area contributed by atoms with Crippen LogP contribution in [0.3, 0.4) is 0 Å². The highest BCUT2D eigenvalue weighted by molar-refractivity contribution is 5.83. The molecule has 0 aromatic heterocycles. The fourth-order valence-electron chi connectivity index (χ4n) is 3.29. The van der Waals surface area contributed by atoms with Crippen LogP contribution in [0.1, 0.15) is 12.0 Å². The van der Waals surface area contributed by atoms with Crippen molar-refractivity contribution >= 4 is 10.8 Å². The number of fused-ring (bicyclic) bond motifs is 2. The number of nitrogens with one attached hydrogen (secondary N) is 1. The van der Waals surface area contributed by atoms with E-state index in [2.05, 4.69) is 47.8 Å². The molecule has 1 unspecified atom stereocenters. The molecular weight excluding hydrogens is 194 g/mol. The Morgan fingerprint density at radius 1 is 1.06 bits per heavy atom. The molecule has 2 fully saturated rings. The summed E-state index contributed by atoms with van der Waals surface area (Å²) in [5, 5.41) is 6.24. The molecule has 4 rings (SSSR count). The largest absolute Gasteiger partial charge is 0.316 e. The van der Waals surface area contributed by atoms with Gasteiger partial charge in [-0.15, -0.1) is 0 Å². The Morgan fingerprint density at radius 2 is 1.94 bits per heavy atom. The van der Waals surface area contributed by atoms with Crippen molar-refractivity contribution < 1.29 is 0 Å². The van der Waals surface area contributed by atoms with Crippen LogP contribution in [0.25, 0.3) is 10.8 Å². The van der Waals surface area contributed by atoms with E-state index in [9.17, 15) is 0 Å². The van der Waals surface area contributed by atoms with Crippen LogP contribution in [0.4, 0.5) is 0 Å². The van der Waals surface area contributed by atoms with Crippen molar-refractivity contribution in [2.45, 2.75) is 11.8 Å². The molecule has 0 radical (unpaired) electrons. The molecule has 2 aromatic carbocycles. The molecule has 2 aliphatic rings. The van der Waals surface area contributed by atoms with Gasteiger partial charge in [0.15, 0.2) is 0 Å². The Hall–Kier alpha value is -1.34. The summed E-state index contributed by atoms with van der Waals surface area (Å²) in [7, 11) is 0. The number of hydrogen-bond donors (Lipinski definition) is 1. The van der Waals surface area contributed by atoms with Crippen LogP contribution in [0, 0.1) is 5.92 Å². The first-order chi connectivity index (χ1) is 7.88. The van der Waals surface area contributed by atoms with Crippen molar-refractivity contribution in [1.82, 2.24) is 5.32 Å². The summed E-state index contributed by atoms with van der Waals surface area (Å²) in [4.78, 5) is 0. The number of hydrogen-bond acceptors (Lipinski definition) is 1. The molecule has 80 valence electrons. The second-order valence-electron chi connectivity index (χ2n) is 5.25. The fraction of sp³-hybridized carbons (Fsp3) is 0.333. The predicted octanol–water partition coefficient (Wildman–Crippen LogP) is 2.70. The lowest BCUT2D eigenvalue weighted by Crippen LogP contribution is -2.19. The molecule has 16 heavy (non-hydrogen) atoms. The quantitative estimate of drug-likeness (QED) is 0.761. The normalized spacial score (nSPS) is 31.6. The van der Waals surface area contributed by atoms with E-state index in [-0.39, 0.29) is 0 Å². The lowest BCUT2D eigenvalue weighted by molar-refractivity contribution is 0.676. The highest BCUT2D eigenvalue weighted by atomic mass is 15.0. The van der Waals surface area contributed by atoms with Gasteiger partial charge in [-0.1, -0.05) is 42.5 Å². The Bertz CT molecular complexity index is 560. The van der Waals surface area contributed by atoms with Gasteiger partial charge in [0.25, 0.3) is 0 Å². The zero-order chi connectivity index (χ0) is 10.6. The minimum atomic E-state index is 0.490. The number of benzene rings is 2. The predicted molar refractivity (Wildman–Crippen MR) is 66.6 cm³/mol. The van der Waals surface area contributed by atoms with Gasteiger partial charge in [-0.25, -0.2) is 0 Å². The second kappa shape index (κ2) is 2.86. The van der Waals surface area contributed by atoms with Crippen molar-refractivity contribution in [2.75, 3.05) is 13.1 Å². The zero-order valence-corrected chi connectivity index (χ0v) is 9.24. The highest BCUT2D eigenvalue weighted by Gasteiger charge is 2.57. The molecule has 2 atom stereocenters. The SMILES string of the molecule is c1ccc2cc([C@]34CNCC3C4)ccc2c1. The third-order valence-electron chi connectivity index (χ3n) is 4.39. The highest BCUT2D eigenvalue weighted by Crippen LogP contribution is 2.56. The molecule has 1 saturated carbocycles. The fourth-order valence-corrected chi connectivity index (χ4v) is 3.29. The van der Waals surface area contributed by atoms with E-state index < -0.39 is 0 Å². The Labute approximate surface area is 95.5 Å². The minimum absolute atomic E-state index is 0.490. The molecule has 0 bridgehead atoms. The summed E-state index contributed by atoms with van der Waals surface area (Å²) in [5.74, 6) is 0.897. The van der Waals surface area contributed by atoms with E-state index in [0.29, 0.717) is 5.41 Å². The van der Waals surface area contributed by atoms with Crippen LogP contribution in [-0.4, -0.2) is 13.1 Å². The molecule has 1 saturated heterocycles. The van der Waals surface area contributed by atoms with Gasteiger partial charge in [0, 0.05) is 12.0 Å². The van der Waals surface area contributed by atoms with Gasteiger partial charge in [0.2, 0.25) is 0 Å². The maximum atomic E-state index is 3.51. The topological polar surface area (TPSA) is 12.0 Å². The summed E-state index contributed by atoms with van der Waals surface area (Å²) < 4.78 is 0. The van der Waals surface area contributed by atoms with Crippen molar-refractivity contribution in [2.24, 2.45) is 5.92 Å². The summed E-state index contributed by atoms with van der Waals surface area (Å²) in [6, 6.07) is 15.6. The van der Waals surface area contributed by atoms with Crippen LogP contribution in [0.2, 0.25) is 0 Å². The summed E-state index contributed by atoms with van der Waals surface area (Å²) in [6.07, 6.45) is 1.39. The van der Waals surface area contributed by atoms with Gasteiger partial charge in [0.1, 0.15) is 0 Å². The molecule has 0 spiro atoms. The van der Waals surface area contributed by atoms with Gasteiger partial charge in [-0.2, -0.15) is 0 Å². The molecular formula is C15H15N. The first-order valence-corrected chi connectivity index (χ1v) is 6.08. The standard InChI is InChI=1S/C15H15N/c1-2-4-12-7-13(6-5-11(12)3-1)15-8-14(15)9-16-10-15/h1-7,14,16H,8-10H2/t14?,15-/m0/s1. The van der Waals surface area contributed by atoms with E-state index >= 15 is 0 Å². The Kier molecular flexibility index (Phi) is 1.57. The van der Waals surface area contributed by atoms with E-state index in [0.717, 1.165) is 5.92 Å². The van der Waals surface area contributed by atoms with Crippen LogP contribution in [0.5, 0.6) is 0 Å². The molecule has 2 aromatic rings. The number of piperidine rings is 1. The third-order valence-corrected chi connectivity index (χ3v) is 4.39. The Balaban J connectivity index is 1.87. The molecule has 1 aliphatic carbocycles. The zero-order valence-electron chi connectivity index (χ0n) is 9.24. The maximum Gasteiger partial charge on any atom is 0.0122 e. The van der Waals surface area contributed by atoms with Gasteiger partial charge >= 0.3 is 0 Å². The minimum Gasteiger partial charge on any atom is -0.316 e. The van der Waals surface area contributed by atoms with Crippen LogP contribution >= 0.6 is 0 Å². The molecule has 1 nitrogen and oxygen atoms in total. The summed E-state index contributed by atoms with van der Waals surface area (Å²) in [6.45, 7) is 2.39. The first-order valence-electron chi connectivity index (χ1n) is 6.08. The first kappa shape index (κ1) is 8.77. The van der Waals surface area contributed by atoms with E-state index in [1.807, 2.05) is 0 Å². The van der Waals surface area contributed by atoms with Gasteiger partial charge in [-0.3, -0.25) is 0 Å². The monoisotopic (exact) mass is 209 g/mol. The lowest BCUT2D eigenvalue weighted by Gasteiger charge is -2.13. The molecule has 1 heteroatoms. The molecule has 0 amide bonds. The van der Waals surface area contributed by atoms with Crippen molar-refractivity contribution in [3.8, 4) is 0 Å². The molecule has 1 aliphatic heterocycles. The maximum absolute atomic E-state index is 3.51. The number of rotatable bonds is 1. The van der Waals surface area contributed by atoms with Gasteiger partial charge in [-0.05, 0) is 35.2 Å². The van der Waals surface area contributed by atoms with Crippen molar-refractivity contribution in [1.29, 1.82) is 0 Å². The molecule has 1 heterocycles. The summed E-state index contributed by atoms with van der Waals surface area (Å²) >= 11 is 0. The van der Waals surface area contributed by atoms with Crippen molar-refractivity contribution in [3.63, 3.8) is 0 Å². The van der Waals surface area contributed by atoms with Gasteiger partial charge < -0.3 is 5.32 Å². The third kappa shape index (κ3) is 1.04. The molecule has 1 N–H and O–H groups in total. The Morgan fingerprint density at radius 3 is 2.69 bits per heavy atom. The smallest absolute Gasteiger partial charge is 0.0122 e.